The van der Waals surface area contributed by atoms with Gasteiger partial charge in [-0.15, -0.1) is 20.7 Å². The van der Waals surface area contributed by atoms with E-state index in [9.17, 15) is 0 Å². The van der Waals surface area contributed by atoms with Gasteiger partial charge in [0.05, 0.1) is 0 Å². The molecule has 1 N–H and O–H groups in total. The Morgan fingerprint density at radius 2 is 2.30 bits per heavy atom. The fourth-order valence-corrected chi connectivity index (χ4v) is 1.20. The monoisotopic (exact) mass is 158 g/mol. The van der Waals surface area contributed by atoms with Crippen molar-refractivity contribution in [1.29, 1.82) is 0 Å². The predicted molar refractivity (Wildman–Crippen MR) is 42.3 cm³/mol. The van der Waals surface area contributed by atoms with Crippen LogP contribution in [-0.2, 0) is 0 Å². The van der Waals surface area contributed by atoms with Crippen LogP contribution in [0, 0.1) is 0 Å². The summed E-state index contributed by atoms with van der Waals surface area (Å²) in [7, 11) is -0.120. The molecule has 0 saturated heterocycles. The molecule has 1 heterocycles. The number of hydrogen-bond donors (Lipinski definition) is 1. The van der Waals surface area contributed by atoms with Crippen LogP contribution >= 0.6 is 10.5 Å². The third-order valence-corrected chi connectivity index (χ3v) is 2.91. The first-order valence-corrected chi connectivity index (χ1v) is 4.43. The molecule has 0 aliphatic heterocycles. The van der Waals surface area contributed by atoms with Crippen molar-refractivity contribution in [2.75, 3.05) is 0 Å². The van der Waals surface area contributed by atoms with Gasteiger partial charge in [-0.3, -0.25) is 0 Å². The molecular formula is C5H10N4S. The molecule has 5 heteroatoms. The van der Waals surface area contributed by atoms with E-state index in [1.807, 2.05) is 0 Å². The topological polar surface area (TPSA) is 54.5 Å². The number of tetrazole rings is 1. The number of nitrogens with one attached hydrogen (secondary N) is 1. The highest BCUT2D eigenvalue weighted by Crippen LogP contribution is 2.23. The Balaban J connectivity index is 2.78. The van der Waals surface area contributed by atoms with Gasteiger partial charge in [-0.1, -0.05) is 19.7 Å². The summed E-state index contributed by atoms with van der Waals surface area (Å²) in [4.78, 5) is 0. The lowest BCUT2D eigenvalue weighted by molar-refractivity contribution is 0.881. The first-order chi connectivity index (χ1) is 4.72. The van der Waals surface area contributed by atoms with Gasteiger partial charge in [0.25, 0.3) is 0 Å². The molecule has 0 spiro atoms. The summed E-state index contributed by atoms with van der Waals surface area (Å²) in [5.74, 6) is 3.92. The number of hydrogen-bond acceptors (Lipinski definition) is 3. The van der Waals surface area contributed by atoms with Crippen molar-refractivity contribution in [1.82, 2.24) is 20.6 Å². The van der Waals surface area contributed by atoms with Gasteiger partial charge in [-0.25, -0.2) is 0 Å². The molecule has 4 nitrogen and oxygen atoms in total. The summed E-state index contributed by atoms with van der Waals surface area (Å²) < 4.78 is 0. The fourth-order valence-electron chi connectivity index (χ4n) is 0.475. The van der Waals surface area contributed by atoms with Crippen molar-refractivity contribution in [3.63, 3.8) is 0 Å². The molecule has 1 rings (SSSR count). The SMILES string of the molecule is C=S(c1nn[nH]n1)C(C)C. The van der Waals surface area contributed by atoms with Crippen LogP contribution in [0.3, 0.4) is 0 Å². The quantitative estimate of drug-likeness (QED) is 0.643. The number of aromatic nitrogens is 4. The van der Waals surface area contributed by atoms with Crippen molar-refractivity contribution in [2.45, 2.75) is 24.3 Å². The molecule has 0 aromatic carbocycles. The summed E-state index contributed by atoms with van der Waals surface area (Å²) in [6.07, 6.45) is 0. The zero-order chi connectivity index (χ0) is 7.56. The van der Waals surface area contributed by atoms with Crippen LogP contribution < -0.4 is 0 Å². The lowest BCUT2D eigenvalue weighted by Crippen LogP contribution is -1.92. The van der Waals surface area contributed by atoms with Gasteiger partial charge >= 0.3 is 0 Å². The van der Waals surface area contributed by atoms with Crippen molar-refractivity contribution in [3.8, 4) is 0 Å². The third kappa shape index (κ3) is 1.41. The molecule has 1 aromatic rings. The Kier molecular flexibility index (Phi) is 2.16. The fraction of sp³-hybridized carbons (Fsp3) is 0.600. The maximum Gasteiger partial charge on any atom is 0.225 e. The van der Waals surface area contributed by atoms with E-state index in [0.29, 0.717) is 5.25 Å². The Hall–Kier alpha value is -0.710. The lowest BCUT2D eigenvalue weighted by atomic mass is 10.6. The first-order valence-electron chi connectivity index (χ1n) is 2.98. The summed E-state index contributed by atoms with van der Waals surface area (Å²) in [5, 5.41) is 14.7. The second kappa shape index (κ2) is 2.92. The molecule has 0 aliphatic rings. The minimum absolute atomic E-state index is 0.120. The van der Waals surface area contributed by atoms with Crippen LogP contribution in [0.5, 0.6) is 0 Å². The molecule has 1 aromatic heterocycles. The molecule has 0 fully saturated rings. The summed E-state index contributed by atoms with van der Waals surface area (Å²) >= 11 is 0. The van der Waals surface area contributed by atoms with Crippen molar-refractivity contribution >= 4 is 16.4 Å². The van der Waals surface area contributed by atoms with Crippen molar-refractivity contribution in [3.05, 3.63) is 0 Å². The standard InChI is InChI=1S/C5H10N4S/c1-4(2)10(3)5-6-8-9-7-5/h4H,3H2,1-2H3,(H,6,7,8,9). The van der Waals surface area contributed by atoms with E-state index in [0.717, 1.165) is 5.16 Å². The average molecular weight is 158 g/mol. The highest BCUT2D eigenvalue weighted by molar-refractivity contribution is 8.14. The second-order valence-electron chi connectivity index (χ2n) is 2.17. The molecule has 0 saturated carbocycles. The van der Waals surface area contributed by atoms with Crippen LogP contribution in [0.15, 0.2) is 5.16 Å². The second-order valence-corrected chi connectivity index (χ2v) is 4.34. The van der Waals surface area contributed by atoms with Crippen LogP contribution in [0.4, 0.5) is 0 Å². The van der Waals surface area contributed by atoms with Gasteiger partial charge in [-0.2, -0.15) is 5.21 Å². The minimum atomic E-state index is -0.120. The van der Waals surface area contributed by atoms with Crippen molar-refractivity contribution in [2.24, 2.45) is 0 Å². The molecule has 0 radical (unpaired) electrons. The highest BCUT2D eigenvalue weighted by Gasteiger charge is 2.04. The van der Waals surface area contributed by atoms with Gasteiger partial charge in [0.1, 0.15) is 0 Å². The highest BCUT2D eigenvalue weighted by atomic mass is 32.2. The van der Waals surface area contributed by atoms with Crippen LogP contribution in [0.1, 0.15) is 13.8 Å². The van der Waals surface area contributed by atoms with Gasteiger partial charge in [0.15, 0.2) is 0 Å². The van der Waals surface area contributed by atoms with E-state index in [2.05, 4.69) is 40.3 Å². The Labute approximate surface area is 62.0 Å². The van der Waals surface area contributed by atoms with E-state index >= 15 is 0 Å². The molecular weight excluding hydrogens is 148 g/mol. The largest absolute Gasteiger partial charge is 0.225 e. The summed E-state index contributed by atoms with van der Waals surface area (Å²) in [6.45, 7) is 4.18. The smallest absolute Gasteiger partial charge is 0.176 e. The Morgan fingerprint density at radius 3 is 2.70 bits per heavy atom. The van der Waals surface area contributed by atoms with Crippen LogP contribution in [-0.4, -0.2) is 31.7 Å². The number of aromatic amines is 1. The average Bonchev–Trinajstić information content (AvgIpc) is 2.36. The van der Waals surface area contributed by atoms with E-state index < -0.39 is 0 Å². The number of H-pyrrole nitrogens is 1. The molecule has 56 valence electrons. The van der Waals surface area contributed by atoms with Gasteiger partial charge in [0.2, 0.25) is 5.16 Å². The predicted octanol–water partition coefficient (Wildman–Crippen LogP) is 0.668. The molecule has 0 bridgehead atoms. The molecule has 0 amide bonds. The maximum atomic E-state index is 3.92. The molecule has 10 heavy (non-hydrogen) atoms. The summed E-state index contributed by atoms with van der Waals surface area (Å²) in [5.41, 5.74) is 0. The number of nitrogens with zero attached hydrogens (tertiary/aromatic N) is 3. The Morgan fingerprint density at radius 1 is 1.60 bits per heavy atom. The van der Waals surface area contributed by atoms with E-state index in [1.165, 1.54) is 0 Å². The van der Waals surface area contributed by atoms with E-state index in [-0.39, 0.29) is 10.5 Å². The molecule has 0 aliphatic carbocycles. The Bertz CT molecular complexity index is 216. The normalized spacial score (nSPS) is 13.9. The number of rotatable bonds is 2. The minimum Gasteiger partial charge on any atom is -0.176 e. The van der Waals surface area contributed by atoms with Gasteiger partial charge in [0, 0.05) is 5.25 Å². The zero-order valence-corrected chi connectivity index (χ0v) is 6.85. The van der Waals surface area contributed by atoms with Crippen LogP contribution in [0.2, 0.25) is 0 Å². The molecule has 1 atom stereocenters. The zero-order valence-electron chi connectivity index (χ0n) is 6.03. The summed E-state index contributed by atoms with van der Waals surface area (Å²) in [6, 6.07) is 0. The van der Waals surface area contributed by atoms with Gasteiger partial charge in [-0.05, 0) is 5.21 Å². The lowest BCUT2D eigenvalue weighted by Gasteiger charge is -2.03. The maximum absolute atomic E-state index is 3.92. The van der Waals surface area contributed by atoms with E-state index in [4.69, 9.17) is 0 Å². The van der Waals surface area contributed by atoms with Crippen LogP contribution in [0.25, 0.3) is 0 Å². The van der Waals surface area contributed by atoms with Crippen molar-refractivity contribution < 1.29 is 0 Å². The third-order valence-electron chi connectivity index (χ3n) is 1.13. The molecule has 1 unspecified atom stereocenters. The van der Waals surface area contributed by atoms with E-state index in [1.54, 1.807) is 0 Å². The van der Waals surface area contributed by atoms with Gasteiger partial charge < -0.3 is 0 Å². The first kappa shape index (κ1) is 7.40.